The molecule has 0 saturated carbocycles. The standard InChI is InChI=1S/C23H23ClN4OS2/c1-14-12-30-20(26-14)11-27(2)17-6-7-18-19(9-17)31-22-21(18)23(29)28(13-25-22)10-15-4-3-5-16(24)8-15/h3-5,8,12-13,17H,6-7,9-11H2,1-2H3/t17-/m0/s1. The van der Waals surface area contributed by atoms with Crippen LogP contribution in [0.3, 0.4) is 0 Å². The fourth-order valence-electron chi connectivity index (χ4n) is 4.32. The van der Waals surface area contributed by atoms with Crippen LogP contribution in [-0.4, -0.2) is 32.5 Å². The van der Waals surface area contributed by atoms with Crippen LogP contribution in [0.5, 0.6) is 0 Å². The lowest BCUT2D eigenvalue weighted by atomic mass is 9.92. The molecular weight excluding hydrogens is 448 g/mol. The van der Waals surface area contributed by atoms with Crippen molar-refractivity contribution < 1.29 is 0 Å². The number of nitrogens with zero attached hydrogens (tertiary/aromatic N) is 4. The molecule has 0 spiro atoms. The third kappa shape index (κ3) is 4.20. The fourth-order valence-corrected chi connectivity index (χ4v) is 6.62. The second-order valence-electron chi connectivity index (χ2n) is 8.19. The van der Waals surface area contributed by atoms with Gasteiger partial charge in [-0.05, 0) is 56.5 Å². The number of hydrogen-bond donors (Lipinski definition) is 0. The molecule has 160 valence electrons. The molecule has 0 saturated heterocycles. The van der Waals surface area contributed by atoms with Crippen LogP contribution in [0.15, 0.2) is 40.8 Å². The number of hydrogen-bond acceptors (Lipinski definition) is 6. The van der Waals surface area contributed by atoms with Crippen LogP contribution < -0.4 is 5.56 Å². The van der Waals surface area contributed by atoms with E-state index in [1.165, 1.54) is 10.4 Å². The molecule has 0 radical (unpaired) electrons. The van der Waals surface area contributed by atoms with Crippen LogP contribution >= 0.6 is 34.3 Å². The third-order valence-corrected chi connectivity index (χ3v) is 8.28. The Morgan fingerprint density at radius 3 is 3.00 bits per heavy atom. The van der Waals surface area contributed by atoms with E-state index in [0.29, 0.717) is 17.6 Å². The molecule has 31 heavy (non-hydrogen) atoms. The van der Waals surface area contributed by atoms with Gasteiger partial charge in [0.2, 0.25) is 0 Å². The first kappa shape index (κ1) is 20.8. The molecule has 0 unspecified atom stereocenters. The largest absolute Gasteiger partial charge is 0.296 e. The summed E-state index contributed by atoms with van der Waals surface area (Å²) in [6, 6.07) is 8.08. The van der Waals surface area contributed by atoms with E-state index in [4.69, 9.17) is 11.6 Å². The summed E-state index contributed by atoms with van der Waals surface area (Å²) in [6.07, 6.45) is 4.59. The van der Waals surface area contributed by atoms with Crippen molar-refractivity contribution in [3.8, 4) is 0 Å². The zero-order valence-electron chi connectivity index (χ0n) is 17.5. The molecule has 0 aliphatic heterocycles. The van der Waals surface area contributed by atoms with Crippen LogP contribution in [0.4, 0.5) is 0 Å². The van der Waals surface area contributed by atoms with Gasteiger partial charge in [-0.1, -0.05) is 23.7 Å². The van der Waals surface area contributed by atoms with Gasteiger partial charge in [-0.25, -0.2) is 9.97 Å². The van der Waals surface area contributed by atoms with Crippen LogP contribution in [0.2, 0.25) is 5.02 Å². The average Bonchev–Trinajstić information content (AvgIpc) is 3.32. The Morgan fingerprint density at radius 2 is 2.23 bits per heavy atom. The summed E-state index contributed by atoms with van der Waals surface area (Å²) >= 11 is 9.51. The number of thiazole rings is 1. The Bertz CT molecular complexity index is 1310. The minimum absolute atomic E-state index is 0.0486. The molecule has 0 bridgehead atoms. The molecular formula is C23H23ClN4OS2. The summed E-state index contributed by atoms with van der Waals surface area (Å²) in [5, 5.41) is 4.75. The van der Waals surface area contributed by atoms with Gasteiger partial charge < -0.3 is 0 Å². The van der Waals surface area contributed by atoms with Crippen LogP contribution in [0.25, 0.3) is 10.2 Å². The molecule has 1 aliphatic rings. The minimum Gasteiger partial charge on any atom is -0.296 e. The Balaban J connectivity index is 1.40. The highest BCUT2D eigenvalue weighted by Crippen LogP contribution is 2.35. The lowest BCUT2D eigenvalue weighted by Crippen LogP contribution is -2.35. The molecule has 3 aromatic heterocycles. The van der Waals surface area contributed by atoms with E-state index in [1.807, 2.05) is 31.2 Å². The van der Waals surface area contributed by atoms with Crippen LogP contribution in [0, 0.1) is 6.92 Å². The summed E-state index contributed by atoms with van der Waals surface area (Å²) in [5.74, 6) is 0. The zero-order chi connectivity index (χ0) is 21.5. The van der Waals surface area contributed by atoms with E-state index in [0.717, 1.165) is 52.3 Å². The highest BCUT2D eigenvalue weighted by molar-refractivity contribution is 7.18. The van der Waals surface area contributed by atoms with E-state index in [-0.39, 0.29) is 5.56 Å². The van der Waals surface area contributed by atoms with E-state index in [1.54, 1.807) is 33.6 Å². The second-order valence-corrected chi connectivity index (χ2v) is 10.6. The summed E-state index contributed by atoms with van der Waals surface area (Å²) in [6.45, 7) is 3.38. The first-order valence-corrected chi connectivity index (χ1v) is 12.4. The molecule has 0 amide bonds. The van der Waals surface area contributed by atoms with Crippen molar-refractivity contribution in [2.45, 2.75) is 45.3 Å². The lowest BCUT2D eigenvalue weighted by molar-refractivity contribution is 0.215. The van der Waals surface area contributed by atoms with Crippen LogP contribution in [0.1, 0.15) is 33.1 Å². The first-order chi connectivity index (χ1) is 15.0. The topological polar surface area (TPSA) is 51.0 Å². The van der Waals surface area contributed by atoms with Gasteiger partial charge in [-0.3, -0.25) is 14.3 Å². The Morgan fingerprint density at radius 1 is 1.35 bits per heavy atom. The van der Waals surface area contributed by atoms with Gasteiger partial charge in [-0.15, -0.1) is 22.7 Å². The van der Waals surface area contributed by atoms with Gasteiger partial charge in [0.25, 0.3) is 5.56 Å². The van der Waals surface area contributed by atoms with Gasteiger partial charge in [0, 0.05) is 27.0 Å². The number of rotatable bonds is 5. The van der Waals surface area contributed by atoms with Gasteiger partial charge in [0.1, 0.15) is 9.84 Å². The van der Waals surface area contributed by atoms with Gasteiger partial charge in [-0.2, -0.15) is 0 Å². The number of thiophene rings is 1. The van der Waals surface area contributed by atoms with E-state index >= 15 is 0 Å². The van der Waals surface area contributed by atoms with Crippen molar-refractivity contribution in [3.63, 3.8) is 0 Å². The number of halogens is 1. The SMILES string of the molecule is Cc1csc(CN(C)[C@H]2CCc3c(sc4ncn(Cc5cccc(Cl)c5)c(=O)c34)C2)n1. The molecule has 0 N–H and O–H groups in total. The van der Waals surface area contributed by atoms with Crippen molar-refractivity contribution in [3.05, 3.63) is 78.1 Å². The predicted molar refractivity (Wildman–Crippen MR) is 129 cm³/mol. The molecule has 1 aliphatic carbocycles. The summed E-state index contributed by atoms with van der Waals surface area (Å²) < 4.78 is 1.70. The van der Waals surface area contributed by atoms with Crippen molar-refractivity contribution in [2.75, 3.05) is 7.05 Å². The maximum atomic E-state index is 13.3. The number of aromatic nitrogens is 3. The smallest absolute Gasteiger partial charge is 0.262 e. The van der Waals surface area contributed by atoms with Gasteiger partial charge in [0.15, 0.2) is 0 Å². The maximum Gasteiger partial charge on any atom is 0.262 e. The third-order valence-electron chi connectivity index (χ3n) is 5.93. The predicted octanol–water partition coefficient (Wildman–Crippen LogP) is 4.91. The number of fused-ring (bicyclic) bond motifs is 3. The highest BCUT2D eigenvalue weighted by Gasteiger charge is 2.27. The summed E-state index contributed by atoms with van der Waals surface area (Å²) in [4.78, 5) is 27.1. The van der Waals surface area contributed by atoms with E-state index in [9.17, 15) is 4.79 Å². The van der Waals surface area contributed by atoms with E-state index < -0.39 is 0 Å². The van der Waals surface area contributed by atoms with Crippen molar-refractivity contribution >= 4 is 44.5 Å². The lowest BCUT2D eigenvalue weighted by Gasteiger charge is -2.30. The summed E-state index contributed by atoms with van der Waals surface area (Å²) in [7, 11) is 2.18. The fraction of sp³-hybridized carbons (Fsp3) is 0.348. The number of likely N-dealkylation sites (N-methyl/N-ethyl adjacent to an activating group) is 1. The second kappa shape index (κ2) is 8.47. The van der Waals surface area contributed by atoms with E-state index in [2.05, 4.69) is 27.3 Å². The minimum atomic E-state index is 0.0486. The molecule has 8 heteroatoms. The molecule has 1 aromatic carbocycles. The molecule has 0 fully saturated rings. The van der Waals surface area contributed by atoms with Gasteiger partial charge in [0.05, 0.1) is 24.8 Å². The Labute approximate surface area is 194 Å². The molecule has 5 rings (SSSR count). The molecule has 1 atom stereocenters. The number of aryl methyl sites for hydroxylation is 2. The monoisotopic (exact) mass is 470 g/mol. The molecule has 4 aromatic rings. The highest BCUT2D eigenvalue weighted by atomic mass is 35.5. The van der Waals surface area contributed by atoms with Crippen LogP contribution in [-0.2, 0) is 25.9 Å². The van der Waals surface area contributed by atoms with Crippen molar-refractivity contribution in [1.29, 1.82) is 0 Å². The first-order valence-electron chi connectivity index (χ1n) is 10.3. The quantitative estimate of drug-likeness (QED) is 0.415. The Kier molecular flexibility index (Phi) is 5.69. The van der Waals surface area contributed by atoms with Crippen molar-refractivity contribution in [1.82, 2.24) is 19.4 Å². The Hall–Kier alpha value is -2.06. The number of benzene rings is 1. The molecule has 5 nitrogen and oxygen atoms in total. The zero-order valence-corrected chi connectivity index (χ0v) is 19.9. The molecule has 3 heterocycles. The van der Waals surface area contributed by atoms with Crippen molar-refractivity contribution in [2.24, 2.45) is 0 Å². The normalized spacial score (nSPS) is 16.2. The summed E-state index contributed by atoms with van der Waals surface area (Å²) in [5.41, 5.74) is 3.34. The average molecular weight is 471 g/mol. The maximum absolute atomic E-state index is 13.3. The van der Waals surface area contributed by atoms with Gasteiger partial charge >= 0.3 is 0 Å².